The van der Waals surface area contributed by atoms with Gasteiger partial charge in [0.2, 0.25) is 0 Å². The molecule has 0 saturated heterocycles. The first-order chi connectivity index (χ1) is 11.7. The average Bonchev–Trinajstić information content (AvgIpc) is 2.53. The minimum atomic E-state index is -3.50. The Hall–Kier alpha value is -2.14. The molecular weight excluding hydrogens is 336 g/mol. The number of hydrogen-bond acceptors (Lipinski definition) is 4. The van der Waals surface area contributed by atoms with Crippen molar-refractivity contribution in [3.8, 4) is 0 Å². The van der Waals surface area contributed by atoms with E-state index in [4.69, 9.17) is 4.74 Å². The molecule has 0 aliphatic rings. The highest BCUT2D eigenvalue weighted by Crippen LogP contribution is 2.24. The minimum Gasteiger partial charge on any atom is -0.463 e. The summed E-state index contributed by atoms with van der Waals surface area (Å²) in [5, 5.41) is 1.98. The molecule has 0 aliphatic heterocycles. The van der Waals surface area contributed by atoms with Crippen LogP contribution >= 0.6 is 0 Å². The van der Waals surface area contributed by atoms with E-state index in [-0.39, 0.29) is 17.9 Å². The fourth-order valence-corrected chi connectivity index (χ4v) is 3.41. The highest BCUT2D eigenvalue weighted by Gasteiger charge is 2.31. The Labute approximate surface area is 149 Å². The van der Waals surface area contributed by atoms with Crippen LogP contribution < -0.4 is 0 Å². The average molecular weight is 360 g/mol. The largest absolute Gasteiger partial charge is 0.463 e. The lowest BCUT2D eigenvalue weighted by molar-refractivity contribution is -0.138. The quantitative estimate of drug-likeness (QED) is 0.597. The van der Waals surface area contributed by atoms with Crippen molar-refractivity contribution >= 4 is 32.7 Å². The van der Waals surface area contributed by atoms with Crippen molar-refractivity contribution in [2.45, 2.75) is 32.4 Å². The van der Waals surface area contributed by atoms with Crippen LogP contribution in [0, 0.1) is 0 Å². The topological polar surface area (TPSA) is 60.4 Å². The molecular formula is C20H24O4S. The minimum absolute atomic E-state index is 0.146. The molecule has 0 atom stereocenters. The molecule has 4 nitrogen and oxygen atoms in total. The molecule has 0 heterocycles. The van der Waals surface area contributed by atoms with Gasteiger partial charge in [0.15, 0.2) is 9.84 Å². The Morgan fingerprint density at radius 3 is 2.36 bits per heavy atom. The Morgan fingerprint density at radius 1 is 1.08 bits per heavy atom. The number of benzene rings is 2. The van der Waals surface area contributed by atoms with E-state index in [1.54, 1.807) is 33.8 Å². The van der Waals surface area contributed by atoms with Crippen molar-refractivity contribution in [3.05, 3.63) is 53.6 Å². The third-order valence-electron chi connectivity index (χ3n) is 3.97. The van der Waals surface area contributed by atoms with Crippen LogP contribution in [0.25, 0.3) is 16.8 Å². The highest BCUT2D eigenvalue weighted by atomic mass is 32.2. The van der Waals surface area contributed by atoms with Gasteiger partial charge < -0.3 is 4.74 Å². The zero-order chi connectivity index (χ0) is 18.7. The number of rotatable bonds is 5. The van der Waals surface area contributed by atoms with E-state index in [1.807, 2.05) is 42.5 Å². The number of hydrogen-bond donors (Lipinski definition) is 0. The molecule has 2 rings (SSSR count). The van der Waals surface area contributed by atoms with E-state index >= 15 is 0 Å². The molecule has 0 saturated carbocycles. The fraction of sp³-hybridized carbons (Fsp3) is 0.350. The van der Waals surface area contributed by atoms with Crippen LogP contribution in [-0.4, -0.2) is 31.5 Å². The van der Waals surface area contributed by atoms with E-state index in [1.165, 1.54) is 0 Å². The zero-order valence-electron chi connectivity index (χ0n) is 15.1. The van der Waals surface area contributed by atoms with Crippen molar-refractivity contribution in [2.24, 2.45) is 0 Å². The van der Waals surface area contributed by atoms with E-state index in [0.29, 0.717) is 0 Å². The zero-order valence-corrected chi connectivity index (χ0v) is 15.9. The molecule has 0 bridgehead atoms. The van der Waals surface area contributed by atoms with Gasteiger partial charge >= 0.3 is 5.97 Å². The van der Waals surface area contributed by atoms with Gasteiger partial charge in [0.05, 0.1) is 22.7 Å². The summed E-state index contributed by atoms with van der Waals surface area (Å²) in [6.45, 7) is 6.78. The Morgan fingerprint density at radius 2 is 1.72 bits per heavy atom. The maximum absolute atomic E-state index is 12.6. The first kappa shape index (κ1) is 19.2. The molecule has 25 heavy (non-hydrogen) atoms. The van der Waals surface area contributed by atoms with Gasteiger partial charge in [-0.1, -0.05) is 42.5 Å². The second kappa shape index (κ2) is 7.40. The smallest absolute Gasteiger partial charge is 0.335 e. The molecule has 134 valence electrons. The first-order valence-electron chi connectivity index (χ1n) is 8.23. The predicted molar refractivity (Wildman–Crippen MR) is 102 cm³/mol. The van der Waals surface area contributed by atoms with Crippen molar-refractivity contribution < 1.29 is 17.9 Å². The van der Waals surface area contributed by atoms with Gasteiger partial charge in [-0.3, -0.25) is 0 Å². The fourth-order valence-electron chi connectivity index (χ4n) is 2.37. The van der Waals surface area contributed by atoms with Gasteiger partial charge in [0, 0.05) is 0 Å². The second-order valence-corrected chi connectivity index (χ2v) is 9.57. The first-order valence-corrected chi connectivity index (χ1v) is 9.88. The molecule has 0 unspecified atom stereocenters. The van der Waals surface area contributed by atoms with E-state index in [0.717, 1.165) is 16.3 Å². The van der Waals surface area contributed by atoms with Gasteiger partial charge in [-0.15, -0.1) is 0 Å². The molecule has 0 N–H and O–H groups in total. The number of carbonyl (C=O) groups excluding carboxylic acids is 1. The third kappa shape index (κ3) is 4.48. The summed E-state index contributed by atoms with van der Waals surface area (Å²) in [7, 11) is -3.50. The SMILES string of the molecule is CCOC(=O)/C(=C\c1cccc2ccccc12)CS(=O)(=O)C(C)(C)C. The van der Waals surface area contributed by atoms with E-state index in [9.17, 15) is 13.2 Å². The molecule has 0 radical (unpaired) electrons. The standard InChI is InChI=1S/C20H24O4S/c1-5-24-19(21)17(14-25(22,23)20(2,3)4)13-16-11-8-10-15-9-6-7-12-18(15)16/h6-13H,5,14H2,1-4H3/b17-13-. The third-order valence-corrected chi connectivity index (χ3v) is 6.53. The van der Waals surface area contributed by atoms with Crippen LogP contribution in [0.1, 0.15) is 33.3 Å². The maximum atomic E-state index is 12.6. The van der Waals surface area contributed by atoms with Crippen LogP contribution in [0.3, 0.4) is 0 Å². The van der Waals surface area contributed by atoms with Crippen molar-refractivity contribution in [1.29, 1.82) is 0 Å². The Bertz CT molecular complexity index is 897. The molecule has 5 heteroatoms. The number of carbonyl (C=O) groups is 1. The van der Waals surface area contributed by atoms with Crippen molar-refractivity contribution in [2.75, 3.05) is 12.4 Å². The summed E-state index contributed by atoms with van der Waals surface area (Å²) in [5.74, 6) is -0.943. The Kier molecular flexibility index (Phi) is 5.68. The monoisotopic (exact) mass is 360 g/mol. The van der Waals surface area contributed by atoms with Crippen LogP contribution in [0.5, 0.6) is 0 Å². The normalized spacial score (nSPS) is 13.0. The molecule has 0 fully saturated rings. The van der Waals surface area contributed by atoms with Gasteiger partial charge in [0.1, 0.15) is 0 Å². The predicted octanol–water partition coefficient (Wildman–Crippen LogP) is 4.00. The van der Waals surface area contributed by atoms with Crippen LogP contribution in [0.15, 0.2) is 48.0 Å². The van der Waals surface area contributed by atoms with Crippen LogP contribution in [0.4, 0.5) is 0 Å². The maximum Gasteiger partial charge on any atom is 0.335 e. The summed E-state index contributed by atoms with van der Waals surface area (Å²) in [6, 6.07) is 13.5. The van der Waals surface area contributed by atoms with Crippen LogP contribution in [-0.2, 0) is 19.4 Å². The highest BCUT2D eigenvalue weighted by molar-refractivity contribution is 7.92. The number of ether oxygens (including phenoxy) is 1. The summed E-state index contributed by atoms with van der Waals surface area (Å²) >= 11 is 0. The second-order valence-electron chi connectivity index (χ2n) is 6.83. The molecule has 0 amide bonds. The lowest BCUT2D eigenvalue weighted by Gasteiger charge is -2.20. The number of fused-ring (bicyclic) bond motifs is 1. The summed E-state index contributed by atoms with van der Waals surface area (Å²) in [4.78, 5) is 12.3. The van der Waals surface area contributed by atoms with Crippen LogP contribution in [0.2, 0.25) is 0 Å². The molecule has 2 aromatic rings. The van der Waals surface area contributed by atoms with Gasteiger partial charge in [-0.25, -0.2) is 13.2 Å². The van der Waals surface area contributed by atoms with E-state index in [2.05, 4.69) is 0 Å². The summed E-state index contributed by atoms with van der Waals surface area (Å²) in [6.07, 6.45) is 1.63. The molecule has 2 aromatic carbocycles. The summed E-state index contributed by atoms with van der Waals surface area (Å²) < 4.78 is 29.3. The van der Waals surface area contributed by atoms with Gasteiger partial charge in [-0.05, 0) is 50.1 Å². The number of esters is 1. The van der Waals surface area contributed by atoms with Gasteiger partial charge in [0.25, 0.3) is 0 Å². The lowest BCUT2D eigenvalue weighted by Crippen LogP contribution is -2.32. The molecule has 0 spiro atoms. The lowest BCUT2D eigenvalue weighted by atomic mass is 10.0. The molecule has 0 aliphatic carbocycles. The summed E-state index contributed by atoms with van der Waals surface area (Å²) in [5.41, 5.74) is 0.943. The van der Waals surface area contributed by atoms with E-state index < -0.39 is 20.6 Å². The Balaban J connectivity index is 2.55. The number of sulfone groups is 1. The molecule has 0 aromatic heterocycles. The van der Waals surface area contributed by atoms with Crippen molar-refractivity contribution in [3.63, 3.8) is 0 Å². The van der Waals surface area contributed by atoms with Gasteiger partial charge in [-0.2, -0.15) is 0 Å². The van der Waals surface area contributed by atoms with Crippen molar-refractivity contribution in [1.82, 2.24) is 0 Å².